The quantitative estimate of drug-likeness (QED) is 0.732. The number of ether oxygens (including phenoxy) is 1. The highest BCUT2D eigenvalue weighted by atomic mass is 16.5. The molecule has 1 N–H and O–H groups in total. The second kappa shape index (κ2) is 7.53. The van der Waals surface area contributed by atoms with Crippen LogP contribution in [-0.2, 0) is 16.6 Å². The molecule has 5 rings (SSSR count). The summed E-state index contributed by atoms with van der Waals surface area (Å²) >= 11 is 0. The van der Waals surface area contributed by atoms with Crippen LogP contribution in [0.25, 0.3) is 22.0 Å². The molecule has 29 heavy (non-hydrogen) atoms. The molecule has 2 fully saturated rings. The predicted octanol–water partition coefficient (Wildman–Crippen LogP) is 2.08. The number of rotatable bonds is 4. The molecule has 0 unspecified atom stereocenters. The van der Waals surface area contributed by atoms with E-state index in [9.17, 15) is 4.79 Å². The average molecular weight is 392 g/mol. The molecule has 2 aliphatic heterocycles. The normalized spacial score (nSPS) is 18.7. The Morgan fingerprint density at radius 1 is 1.17 bits per heavy atom. The Bertz CT molecular complexity index is 1040. The summed E-state index contributed by atoms with van der Waals surface area (Å²) in [6, 6.07) is 6.56. The van der Waals surface area contributed by atoms with Gasteiger partial charge in [-0.15, -0.1) is 0 Å². The average Bonchev–Trinajstić information content (AvgIpc) is 3.13. The van der Waals surface area contributed by atoms with Crippen molar-refractivity contribution < 1.29 is 9.53 Å². The van der Waals surface area contributed by atoms with Crippen LogP contribution in [-0.4, -0.2) is 62.9 Å². The Kier molecular flexibility index (Phi) is 4.73. The smallest absolute Gasteiger partial charge is 0.229 e. The summed E-state index contributed by atoms with van der Waals surface area (Å²) in [6.07, 6.45) is 7.27. The van der Waals surface area contributed by atoms with Gasteiger partial charge in [0, 0.05) is 36.3 Å². The van der Waals surface area contributed by atoms with Crippen molar-refractivity contribution in [2.24, 2.45) is 13.0 Å². The van der Waals surface area contributed by atoms with E-state index in [4.69, 9.17) is 4.74 Å². The molecule has 0 radical (unpaired) electrons. The Balaban J connectivity index is 1.28. The van der Waals surface area contributed by atoms with E-state index in [1.54, 1.807) is 10.9 Å². The monoisotopic (exact) mass is 392 g/mol. The van der Waals surface area contributed by atoms with Crippen LogP contribution in [0, 0.1) is 5.92 Å². The topological polar surface area (TPSA) is 85.2 Å². The van der Waals surface area contributed by atoms with Crippen molar-refractivity contribution in [2.45, 2.75) is 18.9 Å². The highest BCUT2D eigenvalue weighted by Crippen LogP contribution is 2.25. The Hall–Kier alpha value is -2.84. The number of carbonyl (C=O) groups excluding carboxylic acids is 1. The van der Waals surface area contributed by atoms with E-state index in [0.717, 1.165) is 61.2 Å². The van der Waals surface area contributed by atoms with Gasteiger partial charge in [0.2, 0.25) is 11.9 Å². The van der Waals surface area contributed by atoms with Gasteiger partial charge in [-0.3, -0.25) is 19.7 Å². The fourth-order valence-electron chi connectivity index (χ4n) is 4.01. The molecular weight excluding hydrogens is 368 g/mol. The molecule has 4 heterocycles. The zero-order valence-electron chi connectivity index (χ0n) is 16.4. The molecule has 1 amide bonds. The van der Waals surface area contributed by atoms with Crippen LogP contribution >= 0.6 is 0 Å². The van der Waals surface area contributed by atoms with Gasteiger partial charge in [0.25, 0.3) is 0 Å². The number of aryl methyl sites for hydroxylation is 1. The van der Waals surface area contributed by atoms with Crippen molar-refractivity contribution in [3.63, 3.8) is 0 Å². The second-order valence-electron chi connectivity index (χ2n) is 7.86. The van der Waals surface area contributed by atoms with Gasteiger partial charge < -0.3 is 4.74 Å². The van der Waals surface area contributed by atoms with Crippen molar-refractivity contribution in [2.75, 3.05) is 31.6 Å². The third-order valence-corrected chi connectivity index (χ3v) is 5.89. The SMILES string of the molecule is Cn1cc(-c2ccc3cnc(NC(=O)C4CCN(C5COC5)CC4)nc3c2)cn1. The Labute approximate surface area is 168 Å². The van der Waals surface area contributed by atoms with E-state index in [1.807, 2.05) is 37.6 Å². The summed E-state index contributed by atoms with van der Waals surface area (Å²) < 4.78 is 7.04. The van der Waals surface area contributed by atoms with Crippen LogP contribution in [0.2, 0.25) is 0 Å². The van der Waals surface area contributed by atoms with Gasteiger partial charge in [0.1, 0.15) is 0 Å². The molecule has 2 aromatic heterocycles. The number of hydrogen-bond acceptors (Lipinski definition) is 6. The number of aromatic nitrogens is 4. The lowest BCUT2D eigenvalue weighted by atomic mass is 9.94. The van der Waals surface area contributed by atoms with Gasteiger partial charge in [-0.05, 0) is 37.6 Å². The molecule has 0 atom stereocenters. The summed E-state index contributed by atoms with van der Waals surface area (Å²) in [5.74, 6) is 0.381. The maximum absolute atomic E-state index is 12.7. The van der Waals surface area contributed by atoms with E-state index in [-0.39, 0.29) is 11.8 Å². The molecule has 3 aromatic rings. The summed E-state index contributed by atoms with van der Waals surface area (Å²) in [4.78, 5) is 24.0. The lowest BCUT2D eigenvalue weighted by Crippen LogP contribution is -2.52. The number of amides is 1. The van der Waals surface area contributed by atoms with Gasteiger partial charge in [-0.2, -0.15) is 5.10 Å². The number of nitrogens with one attached hydrogen (secondary N) is 1. The van der Waals surface area contributed by atoms with Gasteiger partial charge in [0.05, 0.1) is 31.0 Å². The molecule has 8 nitrogen and oxygen atoms in total. The predicted molar refractivity (Wildman–Crippen MR) is 109 cm³/mol. The molecule has 0 spiro atoms. The highest BCUT2D eigenvalue weighted by molar-refractivity contribution is 5.92. The van der Waals surface area contributed by atoms with Crippen LogP contribution in [0.3, 0.4) is 0 Å². The molecule has 0 bridgehead atoms. The minimum atomic E-state index is 0.00766. The number of nitrogens with zero attached hydrogens (tertiary/aromatic N) is 5. The fraction of sp³-hybridized carbons (Fsp3) is 0.429. The van der Waals surface area contributed by atoms with Gasteiger partial charge in [-0.1, -0.05) is 12.1 Å². The second-order valence-corrected chi connectivity index (χ2v) is 7.86. The van der Waals surface area contributed by atoms with Gasteiger partial charge in [0.15, 0.2) is 0 Å². The van der Waals surface area contributed by atoms with Gasteiger partial charge >= 0.3 is 0 Å². The molecule has 150 valence electrons. The summed E-state index contributed by atoms with van der Waals surface area (Å²) in [5, 5.41) is 8.08. The number of likely N-dealkylation sites (tertiary alicyclic amines) is 1. The number of piperidine rings is 1. The molecular formula is C21H24N6O2. The van der Waals surface area contributed by atoms with E-state index in [2.05, 4.69) is 25.3 Å². The minimum Gasteiger partial charge on any atom is -0.378 e. The van der Waals surface area contributed by atoms with E-state index < -0.39 is 0 Å². The number of carbonyl (C=O) groups is 1. The molecule has 1 aromatic carbocycles. The number of fused-ring (bicyclic) bond motifs is 1. The van der Waals surface area contributed by atoms with Crippen molar-refractivity contribution in [1.29, 1.82) is 0 Å². The Morgan fingerprint density at radius 3 is 2.69 bits per heavy atom. The highest BCUT2D eigenvalue weighted by Gasteiger charge is 2.32. The zero-order valence-corrected chi connectivity index (χ0v) is 16.4. The summed E-state index contributed by atoms with van der Waals surface area (Å²) in [5.41, 5.74) is 2.87. The maximum atomic E-state index is 12.7. The Morgan fingerprint density at radius 2 is 2.00 bits per heavy atom. The fourth-order valence-corrected chi connectivity index (χ4v) is 4.01. The van der Waals surface area contributed by atoms with Crippen LogP contribution in [0.15, 0.2) is 36.8 Å². The third-order valence-electron chi connectivity index (χ3n) is 5.89. The van der Waals surface area contributed by atoms with Crippen molar-refractivity contribution in [1.82, 2.24) is 24.6 Å². The largest absolute Gasteiger partial charge is 0.378 e. The summed E-state index contributed by atoms with van der Waals surface area (Å²) in [7, 11) is 1.89. The van der Waals surface area contributed by atoms with Crippen molar-refractivity contribution >= 4 is 22.8 Å². The first-order valence-electron chi connectivity index (χ1n) is 10.0. The molecule has 2 aliphatic rings. The molecule has 8 heteroatoms. The van der Waals surface area contributed by atoms with Crippen molar-refractivity contribution in [3.05, 3.63) is 36.8 Å². The molecule has 0 aliphatic carbocycles. The standard InChI is InChI=1S/C21H24N6O2/c1-26-11-17(10-23-26)15-2-3-16-9-22-21(24-19(16)8-15)25-20(28)14-4-6-27(7-5-14)18-12-29-13-18/h2-3,8-11,14,18H,4-7,12-13H2,1H3,(H,22,24,25,28). The first-order valence-corrected chi connectivity index (χ1v) is 10.0. The van der Waals surface area contributed by atoms with Crippen molar-refractivity contribution in [3.8, 4) is 11.1 Å². The van der Waals surface area contributed by atoms with Crippen LogP contribution in [0.1, 0.15) is 12.8 Å². The van der Waals surface area contributed by atoms with E-state index >= 15 is 0 Å². The maximum Gasteiger partial charge on any atom is 0.229 e. The van der Waals surface area contributed by atoms with Crippen LogP contribution in [0.5, 0.6) is 0 Å². The number of benzene rings is 1. The first kappa shape index (κ1) is 18.2. The number of hydrogen-bond donors (Lipinski definition) is 1. The molecule has 0 saturated carbocycles. The van der Waals surface area contributed by atoms with E-state index in [1.165, 1.54) is 0 Å². The minimum absolute atomic E-state index is 0.00766. The van der Waals surface area contributed by atoms with Crippen LogP contribution in [0.4, 0.5) is 5.95 Å². The third kappa shape index (κ3) is 3.73. The van der Waals surface area contributed by atoms with Gasteiger partial charge in [-0.25, -0.2) is 9.97 Å². The zero-order chi connectivity index (χ0) is 19.8. The van der Waals surface area contributed by atoms with Crippen LogP contribution < -0.4 is 5.32 Å². The lowest BCUT2D eigenvalue weighted by molar-refractivity contribution is -0.123. The van der Waals surface area contributed by atoms with E-state index in [0.29, 0.717) is 12.0 Å². The number of anilines is 1. The first-order chi connectivity index (χ1) is 14.2. The molecule has 2 saturated heterocycles. The lowest BCUT2D eigenvalue weighted by Gasteiger charge is -2.41. The summed E-state index contributed by atoms with van der Waals surface area (Å²) in [6.45, 7) is 3.53.